The average molecular weight is 306 g/mol. The van der Waals surface area contributed by atoms with Crippen LogP contribution in [-0.2, 0) is 0 Å². The van der Waals surface area contributed by atoms with Gasteiger partial charge in [-0.15, -0.1) is 0 Å². The van der Waals surface area contributed by atoms with E-state index in [9.17, 15) is 4.39 Å². The van der Waals surface area contributed by atoms with Crippen LogP contribution in [0.15, 0.2) is 36.5 Å². The first-order chi connectivity index (χ1) is 9.60. The molecular formula is C15H8Cl2FN2. The molecule has 0 amide bonds. The Morgan fingerprint density at radius 1 is 1.25 bits per heavy atom. The van der Waals surface area contributed by atoms with Crippen LogP contribution in [-0.4, -0.2) is 0 Å². The van der Waals surface area contributed by atoms with Gasteiger partial charge in [-0.1, -0.05) is 23.2 Å². The molecular weight excluding hydrogens is 298 g/mol. The second-order valence-electron chi connectivity index (χ2n) is 3.85. The molecule has 0 heterocycles. The Labute approximate surface area is 126 Å². The average Bonchev–Trinajstić information content (AvgIpc) is 2.42. The third-order valence-electron chi connectivity index (χ3n) is 2.48. The minimum Gasteiger partial charge on any atom is -0.362 e. The lowest BCUT2D eigenvalue weighted by molar-refractivity contribution is 0.624. The van der Waals surface area contributed by atoms with Gasteiger partial charge in [0, 0.05) is 28.5 Å². The smallest absolute Gasteiger partial charge is 0.133 e. The topological polar surface area (TPSA) is 35.8 Å². The van der Waals surface area contributed by atoms with Gasteiger partial charge in [-0.25, -0.2) is 4.39 Å². The Bertz CT molecular complexity index is 688. The van der Waals surface area contributed by atoms with E-state index in [-0.39, 0.29) is 16.1 Å². The predicted octanol–water partition coefficient (Wildman–Crippen LogP) is 4.89. The van der Waals surface area contributed by atoms with Gasteiger partial charge in [-0.3, -0.25) is 0 Å². The number of hydrogen-bond acceptors (Lipinski definition) is 2. The van der Waals surface area contributed by atoms with Crippen molar-refractivity contribution in [2.75, 3.05) is 5.32 Å². The summed E-state index contributed by atoms with van der Waals surface area (Å²) >= 11 is 11.4. The molecule has 1 N–H and O–H groups in total. The van der Waals surface area contributed by atoms with Crippen molar-refractivity contribution < 1.29 is 4.39 Å². The Morgan fingerprint density at radius 3 is 2.60 bits per heavy atom. The van der Waals surface area contributed by atoms with Crippen LogP contribution in [0.25, 0.3) is 6.08 Å². The zero-order chi connectivity index (χ0) is 14.5. The summed E-state index contributed by atoms with van der Waals surface area (Å²) in [6.07, 6.45) is 2.99. The van der Waals surface area contributed by atoms with E-state index in [1.54, 1.807) is 24.3 Å². The van der Waals surface area contributed by atoms with E-state index in [1.807, 2.05) is 6.07 Å². The summed E-state index contributed by atoms with van der Waals surface area (Å²) in [7, 11) is 0. The molecule has 0 fully saturated rings. The van der Waals surface area contributed by atoms with E-state index in [1.165, 1.54) is 12.3 Å². The highest BCUT2D eigenvalue weighted by molar-refractivity contribution is 6.30. The van der Waals surface area contributed by atoms with Gasteiger partial charge in [0.05, 0.1) is 10.6 Å². The molecule has 0 unspecified atom stereocenters. The van der Waals surface area contributed by atoms with Gasteiger partial charge in [-0.2, -0.15) is 5.26 Å². The van der Waals surface area contributed by atoms with Crippen molar-refractivity contribution in [2.24, 2.45) is 0 Å². The summed E-state index contributed by atoms with van der Waals surface area (Å²) in [5, 5.41) is 12.6. The molecule has 20 heavy (non-hydrogen) atoms. The molecule has 99 valence electrons. The summed E-state index contributed by atoms with van der Waals surface area (Å²) < 4.78 is 13.7. The Balaban J connectivity index is 2.20. The minimum atomic E-state index is -0.570. The third-order valence-corrected chi connectivity index (χ3v) is 2.94. The van der Waals surface area contributed by atoms with E-state index in [2.05, 4.69) is 11.4 Å². The highest BCUT2D eigenvalue weighted by atomic mass is 35.5. The maximum absolute atomic E-state index is 13.7. The molecule has 0 bridgehead atoms. The van der Waals surface area contributed by atoms with Crippen LogP contribution in [0, 0.1) is 23.2 Å². The molecule has 0 atom stereocenters. The van der Waals surface area contributed by atoms with Crippen molar-refractivity contribution in [3.05, 3.63) is 69.6 Å². The fraction of sp³-hybridized carbons (Fsp3) is 0. The maximum Gasteiger partial charge on any atom is 0.133 e. The molecule has 0 spiro atoms. The number of hydrogen-bond donors (Lipinski definition) is 1. The molecule has 0 aromatic heterocycles. The normalized spacial score (nSPS) is 10.5. The van der Waals surface area contributed by atoms with Crippen molar-refractivity contribution >= 4 is 35.0 Å². The first-order valence-corrected chi connectivity index (χ1v) is 6.36. The van der Waals surface area contributed by atoms with Gasteiger partial charge >= 0.3 is 0 Å². The molecule has 2 aromatic carbocycles. The minimum absolute atomic E-state index is 0.0594. The summed E-state index contributed by atoms with van der Waals surface area (Å²) in [5.41, 5.74) is 0.991. The van der Waals surface area contributed by atoms with Crippen LogP contribution in [0.1, 0.15) is 11.1 Å². The SMILES string of the molecule is N#Cc1[c]c(Cl)cc(F)c1C=CNc1ccc(Cl)cc1. The van der Waals surface area contributed by atoms with E-state index in [0.717, 1.165) is 11.8 Å². The van der Waals surface area contributed by atoms with E-state index < -0.39 is 5.82 Å². The lowest BCUT2D eigenvalue weighted by atomic mass is 10.1. The first kappa shape index (κ1) is 14.4. The molecule has 0 aliphatic heterocycles. The number of anilines is 1. The molecule has 0 aliphatic carbocycles. The second-order valence-corrected chi connectivity index (χ2v) is 4.69. The molecule has 0 aliphatic rings. The van der Waals surface area contributed by atoms with Crippen LogP contribution >= 0.6 is 23.2 Å². The van der Waals surface area contributed by atoms with Crippen LogP contribution in [0.2, 0.25) is 10.0 Å². The maximum atomic E-state index is 13.7. The number of halogens is 3. The van der Waals surface area contributed by atoms with E-state index >= 15 is 0 Å². The molecule has 1 radical (unpaired) electrons. The van der Waals surface area contributed by atoms with E-state index in [0.29, 0.717) is 5.02 Å². The number of nitrogens with zero attached hydrogens (tertiary/aromatic N) is 1. The fourth-order valence-corrected chi connectivity index (χ4v) is 1.87. The summed E-state index contributed by atoms with van der Waals surface area (Å²) in [6.45, 7) is 0. The van der Waals surface area contributed by atoms with Crippen LogP contribution in [0.4, 0.5) is 10.1 Å². The predicted molar refractivity (Wildman–Crippen MR) is 79.1 cm³/mol. The third kappa shape index (κ3) is 3.51. The number of nitriles is 1. The molecule has 2 rings (SSSR count). The summed E-state index contributed by atoms with van der Waals surface area (Å²) in [5.74, 6) is -0.570. The quantitative estimate of drug-likeness (QED) is 0.876. The van der Waals surface area contributed by atoms with Gasteiger partial charge < -0.3 is 5.32 Å². The van der Waals surface area contributed by atoms with Crippen LogP contribution < -0.4 is 5.32 Å². The van der Waals surface area contributed by atoms with E-state index in [4.69, 9.17) is 28.5 Å². The van der Waals surface area contributed by atoms with Crippen LogP contribution in [0.3, 0.4) is 0 Å². The van der Waals surface area contributed by atoms with Crippen molar-refractivity contribution in [3.8, 4) is 6.07 Å². The molecule has 5 heteroatoms. The van der Waals surface area contributed by atoms with Gasteiger partial charge in [0.1, 0.15) is 11.9 Å². The molecule has 0 saturated heterocycles. The zero-order valence-corrected chi connectivity index (χ0v) is 11.6. The van der Waals surface area contributed by atoms with Crippen molar-refractivity contribution in [3.63, 3.8) is 0 Å². The van der Waals surface area contributed by atoms with Crippen molar-refractivity contribution in [1.29, 1.82) is 5.26 Å². The summed E-state index contributed by atoms with van der Waals surface area (Å²) in [6, 6.07) is 12.6. The van der Waals surface area contributed by atoms with Crippen molar-refractivity contribution in [2.45, 2.75) is 0 Å². The van der Waals surface area contributed by atoms with Gasteiger partial charge in [0.2, 0.25) is 0 Å². The molecule has 2 nitrogen and oxygen atoms in total. The lowest BCUT2D eigenvalue weighted by Gasteiger charge is -2.03. The Hall–Kier alpha value is -2.02. The second kappa shape index (κ2) is 6.42. The molecule has 0 saturated carbocycles. The highest BCUT2D eigenvalue weighted by Gasteiger charge is 2.07. The van der Waals surface area contributed by atoms with Gasteiger partial charge in [0.15, 0.2) is 0 Å². The fourth-order valence-electron chi connectivity index (χ4n) is 1.55. The van der Waals surface area contributed by atoms with Crippen LogP contribution in [0.5, 0.6) is 0 Å². The highest BCUT2D eigenvalue weighted by Crippen LogP contribution is 2.20. The number of rotatable bonds is 3. The molecule has 2 aromatic rings. The van der Waals surface area contributed by atoms with Crippen molar-refractivity contribution in [1.82, 2.24) is 0 Å². The zero-order valence-electron chi connectivity index (χ0n) is 10.1. The monoisotopic (exact) mass is 305 g/mol. The Morgan fingerprint density at radius 2 is 1.95 bits per heavy atom. The van der Waals surface area contributed by atoms with Gasteiger partial charge in [-0.05, 0) is 36.4 Å². The lowest BCUT2D eigenvalue weighted by Crippen LogP contribution is -1.91. The number of nitrogens with one attached hydrogen (secondary N) is 1. The largest absolute Gasteiger partial charge is 0.362 e. The first-order valence-electron chi connectivity index (χ1n) is 5.60. The van der Waals surface area contributed by atoms with Gasteiger partial charge in [0.25, 0.3) is 0 Å². The number of benzene rings is 2. The standard InChI is InChI=1S/C15H8Cl2FN2/c16-11-1-3-13(4-2-11)20-6-5-14-10(9-19)7-12(17)8-15(14)18/h1-6,8,20H. The summed E-state index contributed by atoms with van der Waals surface area (Å²) in [4.78, 5) is 0. The Kier molecular flexibility index (Phi) is 4.62.